The van der Waals surface area contributed by atoms with Gasteiger partial charge in [0.2, 0.25) is 5.91 Å². The number of carbonyl (C=O) groups is 1. The van der Waals surface area contributed by atoms with Crippen LogP contribution in [-0.4, -0.2) is 11.9 Å². The normalized spacial score (nSPS) is 12.7. The van der Waals surface area contributed by atoms with Crippen molar-refractivity contribution < 1.29 is 9.18 Å². The molecule has 1 unspecified atom stereocenters. The zero-order valence-corrected chi connectivity index (χ0v) is 11.4. The number of amides is 1. The van der Waals surface area contributed by atoms with Gasteiger partial charge in [0.05, 0.1) is 0 Å². The summed E-state index contributed by atoms with van der Waals surface area (Å²) in [6, 6.07) is 4.73. The van der Waals surface area contributed by atoms with Gasteiger partial charge in [-0.25, -0.2) is 4.39 Å². The lowest BCUT2D eigenvalue weighted by Crippen LogP contribution is -2.30. The van der Waals surface area contributed by atoms with Crippen LogP contribution in [0, 0.1) is 5.82 Å². The molecule has 0 saturated carbocycles. The largest absolute Gasteiger partial charge is 0.350 e. The fraction of sp³-hybridized carbons (Fsp3) is 0.308. The number of rotatable bonds is 4. The van der Waals surface area contributed by atoms with Gasteiger partial charge in [0, 0.05) is 22.2 Å². The molecule has 4 heteroatoms. The summed E-state index contributed by atoms with van der Waals surface area (Å²) in [5, 5.41) is 2.77. The highest BCUT2D eigenvalue weighted by Crippen LogP contribution is 2.16. The second kappa shape index (κ2) is 6.55. The van der Waals surface area contributed by atoms with E-state index in [1.165, 1.54) is 18.2 Å². The summed E-state index contributed by atoms with van der Waals surface area (Å²) in [4.78, 5) is 11.4. The summed E-state index contributed by atoms with van der Waals surface area (Å²) in [7, 11) is 0. The molecule has 1 atom stereocenters. The van der Waals surface area contributed by atoms with Crippen molar-refractivity contribution in [3.8, 4) is 0 Å². The van der Waals surface area contributed by atoms with Crippen LogP contribution in [-0.2, 0) is 4.79 Å². The molecule has 0 aliphatic carbocycles. The maximum Gasteiger partial charge on any atom is 0.244 e. The van der Waals surface area contributed by atoms with Crippen LogP contribution >= 0.6 is 15.9 Å². The molecule has 0 aliphatic heterocycles. The van der Waals surface area contributed by atoms with Gasteiger partial charge in [-0.1, -0.05) is 22.9 Å². The summed E-state index contributed by atoms with van der Waals surface area (Å²) in [6.07, 6.45) is 3.68. The van der Waals surface area contributed by atoms with Crippen molar-refractivity contribution in [2.24, 2.45) is 0 Å². The molecule has 17 heavy (non-hydrogen) atoms. The molecule has 1 aromatic rings. The number of halogens is 2. The summed E-state index contributed by atoms with van der Waals surface area (Å²) >= 11 is 3.25. The maximum absolute atomic E-state index is 13.3. The Morgan fingerprint density at radius 3 is 2.94 bits per heavy atom. The molecule has 0 saturated heterocycles. The molecule has 0 bridgehead atoms. The van der Waals surface area contributed by atoms with E-state index in [0.29, 0.717) is 5.56 Å². The van der Waals surface area contributed by atoms with Gasteiger partial charge >= 0.3 is 0 Å². The van der Waals surface area contributed by atoms with Crippen LogP contribution in [0.5, 0.6) is 0 Å². The van der Waals surface area contributed by atoms with Crippen molar-refractivity contribution in [3.05, 3.63) is 40.1 Å². The molecule has 1 amide bonds. The predicted octanol–water partition coefficient (Wildman–Crippen LogP) is 3.52. The number of benzene rings is 1. The molecule has 0 aromatic heterocycles. The molecule has 0 heterocycles. The van der Waals surface area contributed by atoms with E-state index < -0.39 is 0 Å². The van der Waals surface area contributed by atoms with E-state index in [0.717, 1.165) is 10.9 Å². The predicted molar refractivity (Wildman–Crippen MR) is 71.0 cm³/mol. The van der Waals surface area contributed by atoms with Gasteiger partial charge in [-0.2, -0.15) is 0 Å². The van der Waals surface area contributed by atoms with Crippen LogP contribution < -0.4 is 5.32 Å². The number of nitrogens with one attached hydrogen (secondary N) is 1. The minimum absolute atomic E-state index is 0.125. The fourth-order valence-corrected chi connectivity index (χ4v) is 1.58. The fourth-order valence-electron chi connectivity index (χ4n) is 1.20. The highest BCUT2D eigenvalue weighted by atomic mass is 79.9. The average Bonchev–Trinajstić information content (AvgIpc) is 2.30. The van der Waals surface area contributed by atoms with Crippen molar-refractivity contribution in [1.82, 2.24) is 5.32 Å². The van der Waals surface area contributed by atoms with Crippen molar-refractivity contribution in [2.45, 2.75) is 26.3 Å². The highest BCUT2D eigenvalue weighted by Gasteiger charge is 2.03. The molecule has 0 radical (unpaired) electrons. The second-order valence-electron chi connectivity index (χ2n) is 3.82. The molecule has 0 fully saturated rings. The molecule has 0 aliphatic rings. The third-order valence-electron chi connectivity index (χ3n) is 2.37. The monoisotopic (exact) mass is 299 g/mol. The lowest BCUT2D eigenvalue weighted by atomic mass is 10.2. The van der Waals surface area contributed by atoms with Gasteiger partial charge in [0.15, 0.2) is 0 Å². The third kappa shape index (κ3) is 4.69. The summed E-state index contributed by atoms with van der Waals surface area (Å²) in [5.41, 5.74) is 0.388. The summed E-state index contributed by atoms with van der Waals surface area (Å²) in [5.74, 6) is -0.556. The topological polar surface area (TPSA) is 29.1 Å². The maximum atomic E-state index is 13.3. The van der Waals surface area contributed by atoms with Crippen LogP contribution in [0.25, 0.3) is 6.08 Å². The van der Waals surface area contributed by atoms with Crippen LogP contribution in [0.2, 0.25) is 0 Å². The van der Waals surface area contributed by atoms with Gasteiger partial charge in [-0.05, 0) is 37.6 Å². The van der Waals surface area contributed by atoms with Crippen molar-refractivity contribution in [3.63, 3.8) is 0 Å². The lowest BCUT2D eigenvalue weighted by molar-refractivity contribution is -0.117. The Morgan fingerprint density at radius 2 is 2.29 bits per heavy atom. The first-order valence-electron chi connectivity index (χ1n) is 5.46. The van der Waals surface area contributed by atoms with E-state index in [9.17, 15) is 9.18 Å². The Kier molecular flexibility index (Phi) is 5.35. The Hall–Kier alpha value is -1.16. The molecule has 92 valence electrons. The summed E-state index contributed by atoms with van der Waals surface area (Å²) in [6.45, 7) is 3.91. The first kappa shape index (κ1) is 13.9. The first-order chi connectivity index (χ1) is 8.02. The van der Waals surface area contributed by atoms with Gasteiger partial charge in [-0.3, -0.25) is 4.79 Å². The third-order valence-corrected chi connectivity index (χ3v) is 2.87. The second-order valence-corrected chi connectivity index (χ2v) is 4.73. The van der Waals surface area contributed by atoms with E-state index in [1.54, 1.807) is 12.1 Å². The quantitative estimate of drug-likeness (QED) is 0.847. The van der Waals surface area contributed by atoms with E-state index in [4.69, 9.17) is 0 Å². The van der Waals surface area contributed by atoms with Crippen LogP contribution in [0.1, 0.15) is 25.8 Å². The standard InChI is InChI=1S/C13H15BrFNO/c1-3-9(2)16-13(17)7-4-10-8-11(14)5-6-12(10)15/h4-9H,3H2,1-2H3,(H,16,17)/b7-4+. The Morgan fingerprint density at radius 1 is 1.59 bits per heavy atom. The lowest BCUT2D eigenvalue weighted by Gasteiger charge is -2.08. The average molecular weight is 300 g/mol. The molecule has 1 N–H and O–H groups in total. The number of carbonyl (C=O) groups excluding carboxylic acids is 1. The zero-order valence-electron chi connectivity index (χ0n) is 9.84. The van der Waals surface area contributed by atoms with Crippen molar-refractivity contribution in [1.29, 1.82) is 0 Å². The smallest absolute Gasteiger partial charge is 0.244 e. The van der Waals surface area contributed by atoms with E-state index in [-0.39, 0.29) is 17.8 Å². The number of hydrogen-bond donors (Lipinski definition) is 1. The molecular formula is C13H15BrFNO. The number of hydrogen-bond acceptors (Lipinski definition) is 1. The molecule has 0 spiro atoms. The van der Waals surface area contributed by atoms with Crippen molar-refractivity contribution in [2.75, 3.05) is 0 Å². The van der Waals surface area contributed by atoms with Gasteiger partial charge < -0.3 is 5.32 Å². The SMILES string of the molecule is CCC(C)NC(=O)/C=C/c1cc(Br)ccc1F. The molecule has 1 rings (SSSR count). The molecular weight excluding hydrogens is 285 g/mol. The van der Waals surface area contributed by atoms with E-state index >= 15 is 0 Å². The van der Waals surface area contributed by atoms with Crippen molar-refractivity contribution >= 4 is 27.9 Å². The van der Waals surface area contributed by atoms with Gasteiger partial charge in [0.25, 0.3) is 0 Å². The minimum Gasteiger partial charge on any atom is -0.350 e. The Balaban J connectivity index is 2.70. The summed E-state index contributed by atoms with van der Waals surface area (Å²) < 4.78 is 14.1. The van der Waals surface area contributed by atoms with Gasteiger partial charge in [-0.15, -0.1) is 0 Å². The van der Waals surface area contributed by atoms with Crippen LogP contribution in [0.15, 0.2) is 28.7 Å². The van der Waals surface area contributed by atoms with E-state index in [1.807, 2.05) is 13.8 Å². The van der Waals surface area contributed by atoms with E-state index in [2.05, 4.69) is 21.2 Å². The van der Waals surface area contributed by atoms with Crippen LogP contribution in [0.3, 0.4) is 0 Å². The van der Waals surface area contributed by atoms with Gasteiger partial charge in [0.1, 0.15) is 5.82 Å². The minimum atomic E-state index is -0.346. The molecule has 1 aromatic carbocycles. The van der Waals surface area contributed by atoms with Crippen LogP contribution in [0.4, 0.5) is 4.39 Å². The molecule has 2 nitrogen and oxygen atoms in total. The Bertz CT molecular complexity index is 431. The zero-order chi connectivity index (χ0) is 12.8. The first-order valence-corrected chi connectivity index (χ1v) is 6.26. The highest BCUT2D eigenvalue weighted by molar-refractivity contribution is 9.10. The Labute approximate surface area is 109 Å².